The average Bonchev–Trinajstić information content (AvgIpc) is 1.77. The molecule has 8 heavy (non-hydrogen) atoms. The number of hydrogen-bond acceptors (Lipinski definition) is 1. The minimum absolute atomic E-state index is 1.10. The number of hydrogen-bond donors (Lipinski definition) is 0. The van der Waals surface area contributed by atoms with Crippen molar-refractivity contribution < 1.29 is 0 Å². The van der Waals surface area contributed by atoms with Crippen LogP contribution in [0.3, 0.4) is 0 Å². The monoisotopic (exact) mass is 110 g/mol. The zero-order chi connectivity index (χ0) is 5.98. The van der Waals surface area contributed by atoms with Gasteiger partial charge in [-0.25, -0.2) is 0 Å². The summed E-state index contributed by atoms with van der Waals surface area (Å²) in [4.78, 5) is 2.09. The molecule has 1 aliphatic heterocycles. The summed E-state index contributed by atoms with van der Waals surface area (Å²) in [7, 11) is 3.82. The smallest absolute Gasteiger partial charge is 0.0110 e. The van der Waals surface area contributed by atoms with E-state index in [0.29, 0.717) is 0 Å². The molecule has 0 N–H and O–H groups in total. The van der Waals surface area contributed by atoms with Crippen LogP contribution in [0.4, 0.5) is 0 Å². The van der Waals surface area contributed by atoms with Crippen LogP contribution in [-0.4, -0.2) is 18.0 Å². The fraction of sp³-hybridized carbons (Fsp3) is 0.571. The highest BCUT2D eigenvalue weighted by molar-refractivity contribution is 4.98. The van der Waals surface area contributed by atoms with Gasteiger partial charge in [0.2, 0.25) is 0 Å². The first-order chi connectivity index (χ1) is 3.79. The van der Waals surface area contributed by atoms with Gasteiger partial charge in [-0.1, -0.05) is 12.2 Å². The van der Waals surface area contributed by atoms with Crippen molar-refractivity contribution in [3.63, 3.8) is 0 Å². The lowest BCUT2D eigenvalue weighted by Gasteiger charge is -2.22. The van der Waals surface area contributed by atoms with Gasteiger partial charge in [0.15, 0.2) is 0 Å². The molecule has 1 aliphatic rings. The van der Waals surface area contributed by atoms with Gasteiger partial charge in [0.05, 0.1) is 0 Å². The van der Waals surface area contributed by atoms with Crippen LogP contribution < -0.4 is 0 Å². The quantitative estimate of drug-likeness (QED) is 0.426. The maximum Gasteiger partial charge on any atom is 0.0110 e. The van der Waals surface area contributed by atoms with Crippen molar-refractivity contribution in [3.8, 4) is 0 Å². The van der Waals surface area contributed by atoms with Crippen LogP contribution in [0, 0.1) is 7.05 Å². The van der Waals surface area contributed by atoms with Crippen LogP contribution in [-0.2, 0) is 0 Å². The predicted octanol–water partition coefficient (Wildman–Crippen LogP) is 1.43. The fourth-order valence-electron chi connectivity index (χ4n) is 0.869. The molecule has 1 saturated heterocycles. The molecule has 1 heterocycles. The van der Waals surface area contributed by atoms with E-state index < -0.39 is 0 Å². The zero-order valence-electron chi connectivity index (χ0n) is 5.19. The second-order valence-electron chi connectivity index (χ2n) is 2.37. The second kappa shape index (κ2) is 2.31. The van der Waals surface area contributed by atoms with Crippen molar-refractivity contribution >= 4 is 0 Å². The molecule has 0 bridgehead atoms. The molecule has 1 rings (SSSR count). The summed E-state index contributed by atoms with van der Waals surface area (Å²) in [6, 6.07) is 0. The van der Waals surface area contributed by atoms with Crippen LogP contribution in [0.15, 0.2) is 12.2 Å². The molecule has 45 valence electrons. The fourth-order valence-corrected chi connectivity index (χ4v) is 0.869. The molecule has 0 aromatic heterocycles. The van der Waals surface area contributed by atoms with E-state index in [1.807, 2.05) is 0 Å². The first-order valence-electron chi connectivity index (χ1n) is 3.01. The Balaban J connectivity index is 2.29. The molecule has 0 aromatic carbocycles. The maximum atomic E-state index is 3.89. The van der Waals surface area contributed by atoms with E-state index in [4.69, 9.17) is 0 Å². The Morgan fingerprint density at radius 2 is 1.75 bits per heavy atom. The van der Waals surface area contributed by atoms with Gasteiger partial charge in [0, 0.05) is 20.1 Å². The molecule has 0 atom stereocenters. The normalized spacial score (nSPS) is 23.9. The third-order valence-corrected chi connectivity index (χ3v) is 1.56. The molecule has 0 amide bonds. The highest BCUT2D eigenvalue weighted by Gasteiger charge is 2.06. The van der Waals surface area contributed by atoms with E-state index in [-0.39, 0.29) is 0 Å². The van der Waals surface area contributed by atoms with E-state index in [1.54, 1.807) is 0 Å². The largest absolute Gasteiger partial charge is 0.301 e. The van der Waals surface area contributed by atoms with Gasteiger partial charge in [0.1, 0.15) is 0 Å². The van der Waals surface area contributed by atoms with E-state index in [9.17, 15) is 0 Å². The molecule has 0 aromatic rings. The average molecular weight is 110 g/mol. The summed E-state index contributed by atoms with van der Waals surface area (Å²) in [6.45, 7) is 6.09. The van der Waals surface area contributed by atoms with Crippen molar-refractivity contribution in [3.05, 3.63) is 19.2 Å². The third kappa shape index (κ3) is 1.34. The van der Waals surface area contributed by atoms with Crippen molar-refractivity contribution in [1.29, 1.82) is 0 Å². The van der Waals surface area contributed by atoms with E-state index in [0.717, 1.165) is 25.9 Å². The molecule has 0 aliphatic carbocycles. The Morgan fingerprint density at radius 3 is 2.12 bits per heavy atom. The van der Waals surface area contributed by atoms with Crippen LogP contribution in [0.2, 0.25) is 0 Å². The van der Waals surface area contributed by atoms with Crippen molar-refractivity contribution in [1.82, 2.24) is 4.90 Å². The second-order valence-corrected chi connectivity index (χ2v) is 2.37. The molecule has 1 fully saturated rings. The van der Waals surface area contributed by atoms with Crippen molar-refractivity contribution in [2.24, 2.45) is 0 Å². The lowest BCUT2D eigenvalue weighted by Crippen LogP contribution is -2.23. The molecular weight excluding hydrogens is 98.1 g/mol. The topological polar surface area (TPSA) is 3.24 Å². The zero-order valence-corrected chi connectivity index (χ0v) is 5.19. The molecule has 0 saturated carbocycles. The SMILES string of the molecule is [CH2]N1CCC(=C)CC1. The van der Waals surface area contributed by atoms with Gasteiger partial charge in [-0.05, 0) is 12.8 Å². The van der Waals surface area contributed by atoms with Crippen LogP contribution in [0.5, 0.6) is 0 Å². The highest BCUT2D eigenvalue weighted by Crippen LogP contribution is 2.11. The van der Waals surface area contributed by atoms with Gasteiger partial charge in [-0.2, -0.15) is 0 Å². The number of piperidine rings is 1. The van der Waals surface area contributed by atoms with E-state index >= 15 is 0 Å². The highest BCUT2D eigenvalue weighted by atomic mass is 15.1. The van der Waals surface area contributed by atoms with E-state index in [2.05, 4.69) is 18.5 Å². The molecule has 1 heteroatoms. The summed E-state index contributed by atoms with van der Waals surface area (Å²) in [6.07, 6.45) is 2.28. The lowest BCUT2D eigenvalue weighted by molar-refractivity contribution is 0.345. The molecular formula is C7H12N. The van der Waals surface area contributed by atoms with Gasteiger partial charge in [-0.15, -0.1) is 0 Å². The number of nitrogens with zero attached hydrogens (tertiary/aromatic N) is 1. The van der Waals surface area contributed by atoms with E-state index in [1.165, 1.54) is 5.57 Å². The van der Waals surface area contributed by atoms with Crippen LogP contribution >= 0.6 is 0 Å². The number of likely N-dealkylation sites (tertiary alicyclic amines) is 1. The third-order valence-electron chi connectivity index (χ3n) is 1.56. The maximum absolute atomic E-state index is 3.89. The predicted molar refractivity (Wildman–Crippen MR) is 35.3 cm³/mol. The summed E-state index contributed by atoms with van der Waals surface area (Å²) < 4.78 is 0. The lowest BCUT2D eigenvalue weighted by atomic mass is 10.1. The van der Waals surface area contributed by atoms with Gasteiger partial charge < -0.3 is 4.90 Å². The summed E-state index contributed by atoms with van der Waals surface area (Å²) in [5.41, 5.74) is 1.38. The Kier molecular flexibility index (Phi) is 1.69. The minimum atomic E-state index is 1.10. The minimum Gasteiger partial charge on any atom is -0.301 e. The Morgan fingerprint density at radius 1 is 1.25 bits per heavy atom. The molecule has 0 unspecified atom stereocenters. The Labute approximate surface area is 51.0 Å². The Hall–Kier alpha value is -0.300. The number of rotatable bonds is 0. The standard InChI is InChI=1S/C7H12N/c1-7-3-5-8(2)6-4-7/h1-6H2. The van der Waals surface area contributed by atoms with Crippen LogP contribution in [0.25, 0.3) is 0 Å². The van der Waals surface area contributed by atoms with Gasteiger partial charge >= 0.3 is 0 Å². The first kappa shape index (κ1) is 5.83. The summed E-state index contributed by atoms with van der Waals surface area (Å²) in [5, 5.41) is 0. The van der Waals surface area contributed by atoms with Gasteiger partial charge in [0.25, 0.3) is 0 Å². The van der Waals surface area contributed by atoms with Crippen molar-refractivity contribution in [2.45, 2.75) is 12.8 Å². The molecule has 0 spiro atoms. The first-order valence-corrected chi connectivity index (χ1v) is 3.01. The molecule has 1 nitrogen and oxygen atoms in total. The van der Waals surface area contributed by atoms with Crippen molar-refractivity contribution in [2.75, 3.05) is 13.1 Å². The summed E-state index contributed by atoms with van der Waals surface area (Å²) >= 11 is 0. The Bertz CT molecular complexity index is 86.6. The van der Waals surface area contributed by atoms with Gasteiger partial charge in [-0.3, -0.25) is 0 Å². The summed E-state index contributed by atoms with van der Waals surface area (Å²) in [5.74, 6) is 0. The molecule has 1 radical (unpaired) electrons. The van der Waals surface area contributed by atoms with Crippen LogP contribution in [0.1, 0.15) is 12.8 Å².